The van der Waals surface area contributed by atoms with Crippen LogP contribution in [-0.2, 0) is 9.59 Å². The lowest BCUT2D eigenvalue weighted by molar-refractivity contribution is -0.130. The Bertz CT molecular complexity index is 894. The van der Waals surface area contributed by atoms with Crippen LogP contribution < -0.4 is 10.6 Å². The van der Waals surface area contributed by atoms with Gasteiger partial charge in [0.15, 0.2) is 6.17 Å². The highest BCUT2D eigenvalue weighted by atomic mass is 79.9. The molecule has 2 aromatic carbocycles. The lowest BCUT2D eigenvalue weighted by Gasteiger charge is -2.26. The number of amides is 2. The van der Waals surface area contributed by atoms with Crippen LogP contribution in [0, 0.1) is 0 Å². The number of fused-ring (bicyclic) bond motifs is 1. The van der Waals surface area contributed by atoms with E-state index >= 15 is 0 Å². The lowest BCUT2D eigenvalue weighted by atomic mass is 10.0. The Morgan fingerprint density at radius 2 is 1.68 bits per heavy atom. The van der Waals surface area contributed by atoms with E-state index < -0.39 is 6.17 Å². The quantitative estimate of drug-likeness (QED) is 0.791. The molecule has 28 heavy (non-hydrogen) atoms. The van der Waals surface area contributed by atoms with Gasteiger partial charge < -0.3 is 10.6 Å². The molecule has 2 amide bonds. The van der Waals surface area contributed by atoms with E-state index in [1.165, 1.54) is 4.90 Å². The second-order valence-corrected chi connectivity index (χ2v) is 6.82. The van der Waals surface area contributed by atoms with Crippen molar-refractivity contribution in [2.45, 2.75) is 19.0 Å². The molecule has 2 aromatic rings. The first kappa shape index (κ1) is 20.2. The second kappa shape index (κ2) is 8.67. The number of rotatable bonds is 3. The zero-order chi connectivity index (χ0) is 18.8. The smallest absolute Gasteiger partial charge is 0.266 e. The molecule has 4 rings (SSSR count). The van der Waals surface area contributed by atoms with Gasteiger partial charge in [0.2, 0.25) is 5.91 Å². The Kier molecular flexibility index (Phi) is 6.26. The molecule has 2 aliphatic rings. The number of hydrogen-bond acceptors (Lipinski definition) is 4. The molecule has 1 unspecified atom stereocenters. The lowest BCUT2D eigenvalue weighted by Crippen LogP contribution is -2.47. The Labute approximate surface area is 174 Å². The average molecular weight is 443 g/mol. The summed E-state index contributed by atoms with van der Waals surface area (Å²) >= 11 is 0. The number of carbonyl (C=O) groups excluding carboxylic acids is 2. The van der Waals surface area contributed by atoms with Crippen LogP contribution >= 0.6 is 17.0 Å². The van der Waals surface area contributed by atoms with Gasteiger partial charge >= 0.3 is 0 Å². The first-order valence-corrected chi connectivity index (χ1v) is 9.22. The fourth-order valence-electron chi connectivity index (χ4n) is 3.64. The number of aliphatic imine (C=N–C) groups is 1. The summed E-state index contributed by atoms with van der Waals surface area (Å²) < 4.78 is 0. The minimum atomic E-state index is -1.04. The fourth-order valence-corrected chi connectivity index (χ4v) is 3.64. The number of anilines is 1. The normalized spacial score (nSPS) is 18.8. The summed E-state index contributed by atoms with van der Waals surface area (Å²) in [7, 11) is 0. The summed E-state index contributed by atoms with van der Waals surface area (Å²) in [5, 5.41) is 0. The Morgan fingerprint density at radius 3 is 2.39 bits per heavy atom. The van der Waals surface area contributed by atoms with E-state index in [1.807, 2.05) is 59.5 Å². The molecule has 6 nitrogen and oxygen atoms in total. The molecule has 2 N–H and O–H groups in total. The molecule has 0 saturated carbocycles. The minimum absolute atomic E-state index is 0. The summed E-state index contributed by atoms with van der Waals surface area (Å²) in [5.41, 5.74) is 9.14. The number of likely N-dealkylation sites (tertiary alicyclic amines) is 1. The third-order valence-electron chi connectivity index (χ3n) is 5.04. The molecule has 0 aromatic heterocycles. The Morgan fingerprint density at radius 1 is 1.04 bits per heavy atom. The standard InChI is InChI=1S/C21H22N4O2.BrH/c22-20-21(27)25(14-18(26)24-12-6-7-13-24)17-11-5-4-10-16(17)19(23-20)15-8-2-1-3-9-15;/h1-5,8-11,20H,6-7,12-14,22H2;1H. The SMILES string of the molecule is Br.NC1N=C(c2ccccc2)c2ccccc2N(CC(=O)N2CCCC2)C1=O. The minimum Gasteiger partial charge on any atom is -0.341 e. The van der Waals surface area contributed by atoms with Gasteiger partial charge in [-0.2, -0.15) is 0 Å². The van der Waals surface area contributed by atoms with Crippen molar-refractivity contribution in [3.05, 3.63) is 65.7 Å². The monoisotopic (exact) mass is 442 g/mol. The van der Waals surface area contributed by atoms with Crippen LogP contribution in [0.3, 0.4) is 0 Å². The van der Waals surface area contributed by atoms with Crippen LogP contribution in [0.2, 0.25) is 0 Å². The number of carbonyl (C=O) groups is 2. The van der Waals surface area contributed by atoms with Crippen molar-refractivity contribution >= 4 is 40.2 Å². The van der Waals surface area contributed by atoms with Crippen molar-refractivity contribution in [1.82, 2.24) is 4.90 Å². The van der Waals surface area contributed by atoms with Gasteiger partial charge in [-0.25, -0.2) is 0 Å². The molecule has 0 radical (unpaired) electrons. The van der Waals surface area contributed by atoms with Gasteiger partial charge in [-0.15, -0.1) is 17.0 Å². The topological polar surface area (TPSA) is 79.0 Å². The molecule has 0 spiro atoms. The highest BCUT2D eigenvalue weighted by Crippen LogP contribution is 2.28. The number of benzodiazepines with no additional fused rings is 1. The molecule has 146 valence electrons. The van der Waals surface area contributed by atoms with Gasteiger partial charge in [0, 0.05) is 24.2 Å². The van der Waals surface area contributed by atoms with Gasteiger partial charge in [-0.1, -0.05) is 48.5 Å². The maximum absolute atomic E-state index is 13.0. The molecule has 1 atom stereocenters. The van der Waals surface area contributed by atoms with Gasteiger partial charge in [-0.3, -0.25) is 19.5 Å². The van der Waals surface area contributed by atoms with Gasteiger partial charge in [0.1, 0.15) is 6.54 Å². The van der Waals surface area contributed by atoms with Gasteiger partial charge in [0.25, 0.3) is 5.91 Å². The second-order valence-electron chi connectivity index (χ2n) is 6.82. The molecular weight excluding hydrogens is 420 g/mol. The number of nitrogens with zero attached hydrogens (tertiary/aromatic N) is 3. The molecule has 7 heteroatoms. The third kappa shape index (κ3) is 3.86. The average Bonchev–Trinajstić information content (AvgIpc) is 3.22. The predicted octanol–water partition coefficient (Wildman–Crippen LogP) is 2.36. The van der Waals surface area contributed by atoms with E-state index in [9.17, 15) is 9.59 Å². The summed E-state index contributed by atoms with van der Waals surface area (Å²) in [5.74, 6) is -0.410. The molecule has 2 aliphatic heterocycles. The van der Waals surface area contributed by atoms with Crippen LogP contribution in [0.4, 0.5) is 5.69 Å². The highest BCUT2D eigenvalue weighted by Gasteiger charge is 2.32. The van der Waals surface area contributed by atoms with Crippen molar-refractivity contribution in [3.8, 4) is 0 Å². The number of hydrogen-bond donors (Lipinski definition) is 1. The maximum atomic E-state index is 13.0. The van der Waals surface area contributed by atoms with Crippen molar-refractivity contribution in [1.29, 1.82) is 0 Å². The van der Waals surface area contributed by atoms with Crippen LogP contribution in [0.1, 0.15) is 24.0 Å². The summed E-state index contributed by atoms with van der Waals surface area (Å²) in [6, 6.07) is 17.2. The number of benzene rings is 2. The van der Waals surface area contributed by atoms with Crippen molar-refractivity contribution in [2.24, 2.45) is 10.7 Å². The number of para-hydroxylation sites is 1. The maximum Gasteiger partial charge on any atom is 0.266 e. The molecule has 0 aliphatic carbocycles. The third-order valence-corrected chi connectivity index (χ3v) is 5.04. The van der Waals surface area contributed by atoms with E-state index in [0.29, 0.717) is 11.4 Å². The van der Waals surface area contributed by atoms with Crippen molar-refractivity contribution in [3.63, 3.8) is 0 Å². The molecule has 0 bridgehead atoms. The van der Waals surface area contributed by atoms with Crippen LogP contribution in [-0.4, -0.2) is 48.2 Å². The number of nitrogens with two attached hydrogens (primary N) is 1. The summed E-state index contributed by atoms with van der Waals surface area (Å²) in [6.45, 7) is 1.49. The highest BCUT2D eigenvalue weighted by molar-refractivity contribution is 8.93. The largest absolute Gasteiger partial charge is 0.341 e. The molecule has 1 saturated heterocycles. The Hall–Kier alpha value is -2.51. The first-order valence-electron chi connectivity index (χ1n) is 9.22. The van der Waals surface area contributed by atoms with E-state index in [1.54, 1.807) is 0 Å². The predicted molar refractivity (Wildman–Crippen MR) is 115 cm³/mol. The number of halogens is 1. The van der Waals surface area contributed by atoms with Gasteiger partial charge in [0.05, 0.1) is 11.4 Å². The molecular formula is C21H23BrN4O2. The van der Waals surface area contributed by atoms with E-state index in [0.717, 1.165) is 37.1 Å². The van der Waals surface area contributed by atoms with Crippen LogP contribution in [0.15, 0.2) is 59.6 Å². The summed E-state index contributed by atoms with van der Waals surface area (Å²) in [4.78, 5) is 33.5. The van der Waals surface area contributed by atoms with E-state index in [2.05, 4.69) is 4.99 Å². The van der Waals surface area contributed by atoms with Crippen LogP contribution in [0.25, 0.3) is 0 Å². The van der Waals surface area contributed by atoms with Crippen molar-refractivity contribution in [2.75, 3.05) is 24.5 Å². The van der Waals surface area contributed by atoms with Crippen molar-refractivity contribution < 1.29 is 9.59 Å². The van der Waals surface area contributed by atoms with Gasteiger partial charge in [-0.05, 0) is 18.9 Å². The first-order chi connectivity index (χ1) is 13.1. The van der Waals surface area contributed by atoms with Crippen LogP contribution in [0.5, 0.6) is 0 Å². The Balaban J connectivity index is 0.00000225. The zero-order valence-electron chi connectivity index (χ0n) is 15.5. The molecule has 2 heterocycles. The van der Waals surface area contributed by atoms with E-state index in [4.69, 9.17) is 5.73 Å². The van der Waals surface area contributed by atoms with E-state index in [-0.39, 0.29) is 35.3 Å². The summed E-state index contributed by atoms with van der Waals surface area (Å²) in [6.07, 6.45) is 0.979. The molecule has 1 fully saturated rings. The fraction of sp³-hybridized carbons (Fsp3) is 0.286. The zero-order valence-corrected chi connectivity index (χ0v) is 17.2.